The maximum Gasteiger partial charge on any atom is 0.207 e. The molecule has 3 heteroatoms. The molecule has 0 unspecified atom stereocenters. The van der Waals surface area contributed by atoms with Crippen LogP contribution in [0.4, 0.5) is 0 Å². The third-order valence-corrected chi connectivity index (χ3v) is 5.34. The summed E-state index contributed by atoms with van der Waals surface area (Å²) in [5.41, 5.74) is 9.06. The number of hydrogen-bond acceptors (Lipinski definition) is 2. The van der Waals surface area contributed by atoms with Crippen LogP contribution in [0, 0.1) is 27.7 Å². The first-order valence-corrected chi connectivity index (χ1v) is 8.38. The van der Waals surface area contributed by atoms with Crippen molar-refractivity contribution in [2.45, 2.75) is 46.6 Å². The van der Waals surface area contributed by atoms with Crippen molar-refractivity contribution in [2.75, 3.05) is 0 Å². The second kappa shape index (κ2) is 6.23. The summed E-state index contributed by atoms with van der Waals surface area (Å²) in [4.78, 5) is 23.4. The molecule has 2 aromatic rings. The molecule has 0 heterocycles. The van der Waals surface area contributed by atoms with Crippen molar-refractivity contribution < 1.29 is 4.79 Å². The number of aryl methyl sites for hydroxylation is 3. The van der Waals surface area contributed by atoms with Crippen LogP contribution in [-0.2, 0) is 11.2 Å². The minimum Gasteiger partial charge on any atom is -0.352 e. The molecule has 0 fully saturated rings. The molecule has 124 valence electrons. The first-order chi connectivity index (χ1) is 11.4. The number of carbonyl (C=O) groups is 1. The summed E-state index contributed by atoms with van der Waals surface area (Å²) in [7, 11) is 0. The predicted octanol–water partition coefficient (Wildman–Crippen LogP) is 3.68. The number of amides is 1. The van der Waals surface area contributed by atoms with Gasteiger partial charge in [-0.15, -0.1) is 0 Å². The Balaban J connectivity index is 2.41. The maximum absolute atomic E-state index is 12.4. The van der Waals surface area contributed by atoms with Gasteiger partial charge in [-0.2, -0.15) is 0 Å². The molecular formula is C21H23NO2. The molecule has 3 nitrogen and oxygen atoms in total. The lowest BCUT2D eigenvalue weighted by Crippen LogP contribution is -2.20. The molecule has 1 N–H and O–H groups in total. The standard InChI is InChI=1S/C21H23NO2/c1-12-5-7-17-18(10-20(12)24)19(22-11-23)8-6-16-9-13(2)14(3)15(4)21(16)17/h5,7,9-11,19H,6,8H2,1-4H3,(H,22,23)/t19-/m0/s1. The summed E-state index contributed by atoms with van der Waals surface area (Å²) in [5.74, 6) is 0. The number of hydrogen-bond donors (Lipinski definition) is 1. The van der Waals surface area contributed by atoms with E-state index in [1.165, 1.54) is 27.8 Å². The van der Waals surface area contributed by atoms with Crippen molar-refractivity contribution >= 4 is 6.41 Å². The van der Waals surface area contributed by atoms with Gasteiger partial charge in [0.25, 0.3) is 0 Å². The highest BCUT2D eigenvalue weighted by molar-refractivity contribution is 5.77. The SMILES string of the molecule is Cc1cc2c(c(C)c1C)-c1ccc(C)c(=O)cc1[C@@H](NC=O)CC2. The molecule has 0 saturated carbocycles. The molecule has 0 aromatic heterocycles. The van der Waals surface area contributed by atoms with E-state index >= 15 is 0 Å². The van der Waals surface area contributed by atoms with E-state index in [4.69, 9.17) is 0 Å². The van der Waals surface area contributed by atoms with E-state index in [9.17, 15) is 9.59 Å². The zero-order chi connectivity index (χ0) is 17.4. The van der Waals surface area contributed by atoms with E-state index in [0.717, 1.165) is 35.9 Å². The topological polar surface area (TPSA) is 46.2 Å². The highest BCUT2D eigenvalue weighted by Gasteiger charge is 2.24. The molecule has 1 aliphatic rings. The highest BCUT2D eigenvalue weighted by atomic mass is 16.1. The van der Waals surface area contributed by atoms with E-state index < -0.39 is 0 Å². The van der Waals surface area contributed by atoms with Gasteiger partial charge in [0.2, 0.25) is 6.41 Å². The second-order valence-corrected chi connectivity index (χ2v) is 6.75. The van der Waals surface area contributed by atoms with Gasteiger partial charge in [0.1, 0.15) is 0 Å². The van der Waals surface area contributed by atoms with E-state index in [-0.39, 0.29) is 11.5 Å². The Bertz CT molecular complexity index is 884. The average Bonchev–Trinajstić information content (AvgIpc) is 2.78. The van der Waals surface area contributed by atoms with Crippen LogP contribution in [-0.4, -0.2) is 6.41 Å². The molecule has 24 heavy (non-hydrogen) atoms. The van der Waals surface area contributed by atoms with Gasteiger partial charge in [-0.3, -0.25) is 9.59 Å². The van der Waals surface area contributed by atoms with Crippen LogP contribution in [0.3, 0.4) is 0 Å². The lowest BCUT2D eigenvalue weighted by atomic mass is 9.88. The summed E-state index contributed by atoms with van der Waals surface area (Å²) < 4.78 is 0. The molecule has 0 aliphatic heterocycles. The van der Waals surface area contributed by atoms with Crippen LogP contribution in [0.2, 0.25) is 0 Å². The Morgan fingerprint density at radius 2 is 1.79 bits per heavy atom. The fourth-order valence-electron chi connectivity index (χ4n) is 3.68. The smallest absolute Gasteiger partial charge is 0.207 e. The van der Waals surface area contributed by atoms with Crippen LogP contribution in [0.1, 0.15) is 45.8 Å². The normalized spacial score (nSPS) is 15.9. The minimum atomic E-state index is -0.135. The monoisotopic (exact) mass is 321 g/mol. The lowest BCUT2D eigenvalue weighted by Gasteiger charge is -2.17. The van der Waals surface area contributed by atoms with Crippen LogP contribution < -0.4 is 10.7 Å². The third kappa shape index (κ3) is 2.64. The van der Waals surface area contributed by atoms with E-state index in [2.05, 4.69) is 32.2 Å². The van der Waals surface area contributed by atoms with Gasteiger partial charge in [0, 0.05) is 0 Å². The molecule has 3 rings (SSSR count). The Morgan fingerprint density at radius 3 is 2.50 bits per heavy atom. The molecule has 1 atom stereocenters. The average molecular weight is 321 g/mol. The minimum absolute atomic E-state index is 0.0129. The van der Waals surface area contributed by atoms with Gasteiger partial charge in [-0.25, -0.2) is 0 Å². The molecule has 1 amide bonds. The summed E-state index contributed by atoms with van der Waals surface area (Å²) in [6.45, 7) is 8.26. The third-order valence-electron chi connectivity index (χ3n) is 5.34. The maximum atomic E-state index is 12.4. The van der Waals surface area contributed by atoms with Gasteiger partial charge in [-0.1, -0.05) is 18.2 Å². The van der Waals surface area contributed by atoms with Crippen LogP contribution in [0.15, 0.2) is 29.1 Å². The highest BCUT2D eigenvalue weighted by Crippen LogP contribution is 2.39. The lowest BCUT2D eigenvalue weighted by molar-refractivity contribution is -0.110. The number of nitrogens with one attached hydrogen (secondary N) is 1. The van der Waals surface area contributed by atoms with Crippen molar-refractivity contribution in [1.29, 1.82) is 0 Å². The van der Waals surface area contributed by atoms with Crippen molar-refractivity contribution in [3.8, 4) is 11.1 Å². The van der Waals surface area contributed by atoms with Gasteiger partial charge < -0.3 is 5.32 Å². The zero-order valence-corrected chi connectivity index (χ0v) is 14.7. The second-order valence-electron chi connectivity index (χ2n) is 6.75. The molecular weight excluding hydrogens is 298 g/mol. The van der Waals surface area contributed by atoms with E-state index in [1.807, 2.05) is 19.1 Å². The fourth-order valence-corrected chi connectivity index (χ4v) is 3.68. The van der Waals surface area contributed by atoms with Gasteiger partial charge >= 0.3 is 0 Å². The molecule has 0 saturated heterocycles. The van der Waals surface area contributed by atoms with Gasteiger partial charge in [0.15, 0.2) is 5.43 Å². The largest absolute Gasteiger partial charge is 0.352 e. The first kappa shape index (κ1) is 16.4. The molecule has 0 bridgehead atoms. The predicted molar refractivity (Wildman–Crippen MR) is 97.4 cm³/mol. The summed E-state index contributed by atoms with van der Waals surface area (Å²) in [6, 6.07) is 7.75. The zero-order valence-electron chi connectivity index (χ0n) is 14.7. The Morgan fingerprint density at radius 1 is 1.04 bits per heavy atom. The number of carbonyl (C=O) groups excluding carboxylic acids is 1. The number of benzene rings is 1. The first-order valence-electron chi connectivity index (χ1n) is 8.38. The van der Waals surface area contributed by atoms with E-state index in [1.54, 1.807) is 6.07 Å². The Kier molecular flexibility index (Phi) is 4.27. The Hall–Kier alpha value is -2.42. The van der Waals surface area contributed by atoms with Crippen LogP contribution in [0.5, 0.6) is 0 Å². The number of fused-ring (bicyclic) bond motifs is 3. The van der Waals surface area contributed by atoms with Crippen LogP contribution in [0.25, 0.3) is 11.1 Å². The van der Waals surface area contributed by atoms with E-state index in [0.29, 0.717) is 0 Å². The molecule has 0 radical (unpaired) electrons. The summed E-state index contributed by atoms with van der Waals surface area (Å²) in [5, 5.41) is 2.91. The van der Waals surface area contributed by atoms with Crippen molar-refractivity contribution in [1.82, 2.24) is 5.32 Å². The van der Waals surface area contributed by atoms with Gasteiger partial charge in [0.05, 0.1) is 6.04 Å². The van der Waals surface area contributed by atoms with Gasteiger partial charge in [-0.05, 0) is 91.1 Å². The van der Waals surface area contributed by atoms with Crippen molar-refractivity contribution in [3.05, 3.63) is 67.9 Å². The fraction of sp³-hybridized carbons (Fsp3) is 0.333. The quantitative estimate of drug-likeness (QED) is 0.858. The van der Waals surface area contributed by atoms with Crippen molar-refractivity contribution in [2.24, 2.45) is 0 Å². The molecule has 2 aromatic carbocycles. The number of rotatable bonds is 2. The molecule has 1 aliphatic carbocycles. The van der Waals surface area contributed by atoms with Crippen LogP contribution >= 0.6 is 0 Å². The summed E-state index contributed by atoms with van der Waals surface area (Å²) in [6.07, 6.45) is 2.41. The summed E-state index contributed by atoms with van der Waals surface area (Å²) >= 11 is 0. The van der Waals surface area contributed by atoms with Crippen molar-refractivity contribution in [3.63, 3.8) is 0 Å². The molecule has 0 spiro atoms. The Labute approximate surface area is 142 Å².